The van der Waals surface area contributed by atoms with Crippen molar-refractivity contribution in [1.29, 1.82) is 0 Å². The van der Waals surface area contributed by atoms with E-state index in [-0.39, 0.29) is 5.91 Å². The van der Waals surface area contributed by atoms with Gasteiger partial charge < -0.3 is 10.1 Å². The van der Waals surface area contributed by atoms with Gasteiger partial charge in [-0.2, -0.15) is 0 Å². The van der Waals surface area contributed by atoms with Crippen molar-refractivity contribution in [3.8, 4) is 0 Å². The molecule has 0 radical (unpaired) electrons. The Balaban J connectivity index is 1.23. The number of carbonyl (C=O) groups is 1. The fourth-order valence-electron chi connectivity index (χ4n) is 3.62. The number of hydrogen-bond acceptors (Lipinski definition) is 4. The van der Waals surface area contributed by atoms with Crippen LogP contribution in [0.5, 0.6) is 0 Å². The molecule has 1 aliphatic rings. The summed E-state index contributed by atoms with van der Waals surface area (Å²) in [6, 6.07) is 25.0. The zero-order chi connectivity index (χ0) is 22.2. The summed E-state index contributed by atoms with van der Waals surface area (Å²) in [6.07, 6.45) is 0. The quantitative estimate of drug-likeness (QED) is 0.492. The lowest BCUT2D eigenvalue weighted by atomic mass is 10.1. The number of nitrogens with zero attached hydrogens (tertiary/aromatic N) is 1. The van der Waals surface area contributed by atoms with Gasteiger partial charge in [-0.3, -0.25) is 9.69 Å². The van der Waals surface area contributed by atoms with E-state index in [1.165, 1.54) is 21.6 Å². The van der Waals surface area contributed by atoms with Crippen LogP contribution in [0.15, 0.2) is 77.7 Å². The largest absolute Gasteiger partial charge is 0.379 e. The molecule has 32 heavy (non-hydrogen) atoms. The molecule has 166 valence electrons. The van der Waals surface area contributed by atoms with E-state index in [2.05, 4.69) is 65.7 Å². The lowest BCUT2D eigenvalue weighted by Crippen LogP contribution is -2.35. The van der Waals surface area contributed by atoms with Gasteiger partial charge in [0.2, 0.25) is 0 Å². The lowest BCUT2D eigenvalue weighted by Gasteiger charge is -2.26. The van der Waals surface area contributed by atoms with Crippen LogP contribution in [0.25, 0.3) is 0 Å². The molecule has 0 unspecified atom stereocenters. The molecule has 4 rings (SSSR count). The van der Waals surface area contributed by atoms with Crippen molar-refractivity contribution < 1.29 is 9.53 Å². The van der Waals surface area contributed by atoms with E-state index < -0.39 is 0 Å². The van der Waals surface area contributed by atoms with Gasteiger partial charge in [-0.05, 0) is 47.9 Å². The molecule has 1 aliphatic heterocycles. The molecule has 0 aliphatic carbocycles. The topological polar surface area (TPSA) is 41.6 Å². The number of ether oxygens (including phenoxy) is 1. The Morgan fingerprint density at radius 1 is 0.875 bits per heavy atom. The molecule has 1 fully saturated rings. The maximum absolute atomic E-state index is 12.5. The Morgan fingerprint density at radius 3 is 2.19 bits per heavy atom. The summed E-state index contributed by atoms with van der Waals surface area (Å²) >= 11 is 1.81. The number of hydrogen-bond donors (Lipinski definition) is 1. The molecule has 0 spiro atoms. The molecule has 5 heteroatoms. The Bertz CT molecular complexity index is 995. The monoisotopic (exact) mass is 446 g/mol. The minimum atomic E-state index is -0.0415. The molecule has 0 atom stereocenters. The summed E-state index contributed by atoms with van der Waals surface area (Å²) in [5.74, 6) is 0.849. The van der Waals surface area contributed by atoms with Crippen LogP contribution >= 0.6 is 11.8 Å². The van der Waals surface area contributed by atoms with Gasteiger partial charge in [-0.1, -0.05) is 54.1 Å². The molecule has 1 amide bonds. The van der Waals surface area contributed by atoms with Gasteiger partial charge in [0.15, 0.2) is 0 Å². The number of thioether (sulfide) groups is 1. The van der Waals surface area contributed by atoms with Crippen LogP contribution in [0.4, 0.5) is 0 Å². The predicted octanol–water partition coefficient (Wildman–Crippen LogP) is 5.05. The number of carbonyl (C=O) groups excluding carboxylic acids is 1. The molecular formula is C27H30N2O2S. The molecule has 1 heterocycles. The Kier molecular flexibility index (Phi) is 7.99. The average molecular weight is 447 g/mol. The molecule has 1 saturated heterocycles. The van der Waals surface area contributed by atoms with Gasteiger partial charge in [0.1, 0.15) is 0 Å². The first-order chi connectivity index (χ1) is 15.7. The van der Waals surface area contributed by atoms with Crippen LogP contribution in [0.3, 0.4) is 0 Å². The van der Waals surface area contributed by atoms with Crippen LogP contribution in [0.2, 0.25) is 0 Å². The minimum Gasteiger partial charge on any atom is -0.379 e. The highest BCUT2D eigenvalue weighted by atomic mass is 32.2. The van der Waals surface area contributed by atoms with Gasteiger partial charge >= 0.3 is 0 Å². The van der Waals surface area contributed by atoms with Gasteiger partial charge in [0.25, 0.3) is 5.91 Å². The highest BCUT2D eigenvalue weighted by Gasteiger charge is 2.11. The van der Waals surface area contributed by atoms with E-state index >= 15 is 0 Å². The minimum absolute atomic E-state index is 0.0415. The van der Waals surface area contributed by atoms with Crippen molar-refractivity contribution in [3.63, 3.8) is 0 Å². The van der Waals surface area contributed by atoms with E-state index in [0.717, 1.165) is 44.2 Å². The predicted molar refractivity (Wildman–Crippen MR) is 131 cm³/mol. The van der Waals surface area contributed by atoms with Crippen molar-refractivity contribution in [2.75, 3.05) is 26.3 Å². The van der Waals surface area contributed by atoms with Crippen LogP contribution in [-0.2, 0) is 23.6 Å². The summed E-state index contributed by atoms with van der Waals surface area (Å²) in [5, 5.41) is 3.03. The maximum Gasteiger partial charge on any atom is 0.251 e. The van der Waals surface area contributed by atoms with Crippen molar-refractivity contribution in [2.45, 2.75) is 30.7 Å². The van der Waals surface area contributed by atoms with Crippen LogP contribution in [0.1, 0.15) is 32.6 Å². The van der Waals surface area contributed by atoms with E-state index in [1.807, 2.05) is 24.3 Å². The fraction of sp³-hybridized carbons (Fsp3) is 0.296. The molecule has 0 saturated carbocycles. The van der Waals surface area contributed by atoms with Crippen molar-refractivity contribution in [1.82, 2.24) is 10.2 Å². The molecule has 4 nitrogen and oxygen atoms in total. The zero-order valence-electron chi connectivity index (χ0n) is 18.5. The SMILES string of the molecule is Cc1ccc(SCc2ccc(C(=O)NCc3ccc(CN4CCOCC4)cc3)cc2)cc1. The third-order valence-electron chi connectivity index (χ3n) is 5.63. The van der Waals surface area contributed by atoms with Crippen molar-refractivity contribution >= 4 is 17.7 Å². The Morgan fingerprint density at radius 2 is 1.50 bits per heavy atom. The number of aryl methyl sites for hydroxylation is 1. The number of rotatable bonds is 8. The highest BCUT2D eigenvalue weighted by molar-refractivity contribution is 7.98. The number of amides is 1. The third-order valence-corrected chi connectivity index (χ3v) is 6.71. The van der Waals surface area contributed by atoms with E-state index in [9.17, 15) is 4.79 Å². The highest BCUT2D eigenvalue weighted by Crippen LogP contribution is 2.23. The number of nitrogens with one attached hydrogen (secondary N) is 1. The summed E-state index contributed by atoms with van der Waals surface area (Å²) in [4.78, 5) is 16.2. The van der Waals surface area contributed by atoms with E-state index in [4.69, 9.17) is 4.74 Å². The first-order valence-corrected chi connectivity index (χ1v) is 12.1. The normalized spacial score (nSPS) is 14.3. The number of morpholine rings is 1. The first kappa shape index (κ1) is 22.6. The fourth-order valence-corrected chi connectivity index (χ4v) is 4.47. The molecule has 3 aromatic rings. The van der Waals surface area contributed by atoms with E-state index in [0.29, 0.717) is 12.1 Å². The second-order valence-electron chi connectivity index (χ2n) is 8.19. The molecule has 0 bridgehead atoms. The Hall–Kier alpha value is -2.60. The molecular weight excluding hydrogens is 416 g/mol. The second-order valence-corrected chi connectivity index (χ2v) is 9.24. The zero-order valence-corrected chi connectivity index (χ0v) is 19.4. The van der Waals surface area contributed by atoms with Crippen molar-refractivity contribution in [2.24, 2.45) is 0 Å². The van der Waals surface area contributed by atoms with Gasteiger partial charge in [-0.15, -0.1) is 11.8 Å². The molecule has 3 aromatic carbocycles. The van der Waals surface area contributed by atoms with Crippen LogP contribution in [-0.4, -0.2) is 37.1 Å². The lowest BCUT2D eigenvalue weighted by molar-refractivity contribution is 0.0342. The second kappa shape index (κ2) is 11.3. The smallest absolute Gasteiger partial charge is 0.251 e. The molecule has 0 aromatic heterocycles. The van der Waals surface area contributed by atoms with Gasteiger partial charge in [-0.25, -0.2) is 0 Å². The number of benzene rings is 3. The van der Waals surface area contributed by atoms with Gasteiger partial charge in [0.05, 0.1) is 13.2 Å². The summed E-state index contributed by atoms with van der Waals surface area (Å²) in [6.45, 7) is 7.18. The standard InChI is InChI=1S/C27H30N2O2S/c1-21-2-12-26(13-3-21)32-20-24-8-10-25(11-9-24)27(30)28-18-22-4-6-23(7-5-22)19-29-14-16-31-17-15-29/h2-13H,14-20H2,1H3,(H,28,30). The van der Waals surface area contributed by atoms with Crippen molar-refractivity contribution in [3.05, 3.63) is 101 Å². The third kappa shape index (κ3) is 6.70. The first-order valence-electron chi connectivity index (χ1n) is 11.1. The average Bonchev–Trinajstić information content (AvgIpc) is 2.84. The van der Waals surface area contributed by atoms with E-state index in [1.54, 1.807) is 11.8 Å². The maximum atomic E-state index is 12.5. The summed E-state index contributed by atoms with van der Waals surface area (Å²) in [7, 11) is 0. The van der Waals surface area contributed by atoms with Crippen LogP contribution < -0.4 is 5.32 Å². The summed E-state index contributed by atoms with van der Waals surface area (Å²) in [5.41, 5.74) is 5.57. The Labute approximate surface area is 195 Å². The molecule has 1 N–H and O–H groups in total. The van der Waals surface area contributed by atoms with Crippen LogP contribution in [0, 0.1) is 6.92 Å². The summed E-state index contributed by atoms with van der Waals surface area (Å²) < 4.78 is 5.40. The van der Waals surface area contributed by atoms with Gasteiger partial charge in [0, 0.05) is 42.4 Å².